The molecule has 0 spiro atoms. The first-order valence-electron chi connectivity index (χ1n) is 11.9. The highest BCUT2D eigenvalue weighted by atomic mass is 16.5. The van der Waals surface area contributed by atoms with Crippen LogP contribution in [0.5, 0.6) is 11.5 Å². The quantitative estimate of drug-likeness (QED) is 0.591. The number of aldehydes is 1. The Bertz CT molecular complexity index is 871. The van der Waals surface area contributed by atoms with E-state index in [0.717, 1.165) is 18.6 Å². The third-order valence-corrected chi connectivity index (χ3v) is 5.68. The number of carbonyl (C=O) groups is 3. The van der Waals surface area contributed by atoms with Crippen LogP contribution in [-0.4, -0.2) is 55.7 Å². The van der Waals surface area contributed by atoms with Crippen LogP contribution in [0.4, 0.5) is 0 Å². The number of hydrogen-bond acceptors (Lipinski definition) is 5. The van der Waals surface area contributed by atoms with Gasteiger partial charge in [0, 0.05) is 18.7 Å². The lowest BCUT2D eigenvalue weighted by Crippen LogP contribution is -2.42. The zero-order valence-electron chi connectivity index (χ0n) is 21.2. The van der Waals surface area contributed by atoms with Crippen molar-refractivity contribution in [3.63, 3.8) is 0 Å². The molecule has 2 amide bonds. The van der Waals surface area contributed by atoms with Crippen LogP contribution in [0.25, 0.3) is 0 Å². The molecule has 3 rings (SSSR count). The molecule has 2 aromatic rings. The van der Waals surface area contributed by atoms with Crippen molar-refractivity contribution in [1.29, 1.82) is 0 Å². The van der Waals surface area contributed by atoms with E-state index in [0.29, 0.717) is 29.6 Å². The third-order valence-electron chi connectivity index (χ3n) is 5.68. The van der Waals surface area contributed by atoms with Gasteiger partial charge in [-0.05, 0) is 62.2 Å². The van der Waals surface area contributed by atoms with E-state index in [1.807, 2.05) is 44.2 Å². The summed E-state index contributed by atoms with van der Waals surface area (Å²) in [5, 5.41) is 5.19. The molecule has 186 valence electrons. The largest absolute Gasteiger partial charge is 0.457 e. The Morgan fingerprint density at radius 3 is 2.15 bits per heavy atom. The first-order valence-corrected chi connectivity index (χ1v) is 11.9. The average molecular weight is 470 g/mol. The average Bonchev–Trinajstić information content (AvgIpc) is 3.17. The monoisotopic (exact) mass is 469 g/mol. The number of hydrogen-bond donors (Lipinski definition) is 2. The van der Waals surface area contributed by atoms with E-state index >= 15 is 0 Å². The molecule has 3 atom stereocenters. The van der Waals surface area contributed by atoms with Crippen molar-refractivity contribution in [2.75, 3.05) is 20.6 Å². The van der Waals surface area contributed by atoms with Crippen molar-refractivity contribution in [3.8, 4) is 11.5 Å². The van der Waals surface area contributed by atoms with Crippen LogP contribution in [-0.2, 0) is 9.59 Å². The molecule has 7 heteroatoms. The molecule has 1 heterocycles. The van der Waals surface area contributed by atoms with Gasteiger partial charge in [-0.3, -0.25) is 14.5 Å². The van der Waals surface area contributed by atoms with E-state index in [9.17, 15) is 14.4 Å². The van der Waals surface area contributed by atoms with E-state index in [4.69, 9.17) is 4.74 Å². The fourth-order valence-corrected chi connectivity index (χ4v) is 3.99. The van der Waals surface area contributed by atoms with Gasteiger partial charge in [0.2, 0.25) is 5.91 Å². The van der Waals surface area contributed by atoms with E-state index in [1.165, 1.54) is 0 Å². The van der Waals surface area contributed by atoms with Gasteiger partial charge in [-0.25, -0.2) is 0 Å². The summed E-state index contributed by atoms with van der Waals surface area (Å²) in [5.41, 5.74) is 0.488. The predicted molar refractivity (Wildman–Crippen MR) is 136 cm³/mol. The van der Waals surface area contributed by atoms with E-state index in [-0.39, 0.29) is 24.4 Å². The number of likely N-dealkylation sites (N-methyl/N-ethyl adjacent to an activating group) is 2. The molecule has 0 saturated carbocycles. The first kappa shape index (κ1) is 28.8. The number of benzene rings is 2. The Morgan fingerprint density at radius 1 is 1.06 bits per heavy atom. The van der Waals surface area contributed by atoms with E-state index in [2.05, 4.69) is 36.4 Å². The highest BCUT2D eigenvalue weighted by Gasteiger charge is 2.38. The predicted octanol–water partition coefficient (Wildman–Crippen LogP) is 4.29. The van der Waals surface area contributed by atoms with Gasteiger partial charge in [-0.1, -0.05) is 45.9 Å². The maximum atomic E-state index is 11.6. The van der Waals surface area contributed by atoms with Gasteiger partial charge in [-0.2, -0.15) is 0 Å². The molecule has 0 radical (unpaired) electrons. The summed E-state index contributed by atoms with van der Waals surface area (Å²) in [6.07, 6.45) is 2.77. The first-order chi connectivity index (χ1) is 16.4. The van der Waals surface area contributed by atoms with Gasteiger partial charge in [0.25, 0.3) is 5.91 Å². The molecule has 34 heavy (non-hydrogen) atoms. The molecule has 1 aliphatic heterocycles. The van der Waals surface area contributed by atoms with Gasteiger partial charge in [0.1, 0.15) is 17.8 Å². The van der Waals surface area contributed by atoms with Crippen LogP contribution in [0, 0.1) is 5.92 Å². The Hall–Kier alpha value is -3.19. The Balaban J connectivity index is 0.000000337. The minimum absolute atomic E-state index is 0.0150. The second kappa shape index (κ2) is 15.6. The number of ether oxygens (including phenoxy) is 1. The fourth-order valence-electron chi connectivity index (χ4n) is 3.99. The summed E-state index contributed by atoms with van der Waals surface area (Å²) < 4.78 is 5.61. The molecule has 3 unspecified atom stereocenters. The minimum Gasteiger partial charge on any atom is -0.457 e. The third kappa shape index (κ3) is 8.63. The smallest absolute Gasteiger partial charge is 0.251 e. The topological polar surface area (TPSA) is 87.7 Å². The number of carbonyl (C=O) groups excluding carboxylic acids is 3. The molecule has 1 aliphatic rings. The van der Waals surface area contributed by atoms with Crippen molar-refractivity contribution in [2.24, 2.45) is 5.92 Å². The lowest BCUT2D eigenvalue weighted by atomic mass is 9.99. The highest BCUT2D eigenvalue weighted by Crippen LogP contribution is 2.29. The molecule has 0 aliphatic carbocycles. The Labute approximate surface area is 203 Å². The Morgan fingerprint density at radius 2 is 1.65 bits per heavy atom. The van der Waals surface area contributed by atoms with Crippen LogP contribution in [0.3, 0.4) is 0 Å². The lowest BCUT2D eigenvalue weighted by Gasteiger charge is -2.24. The summed E-state index contributed by atoms with van der Waals surface area (Å²) in [6.45, 7) is 8.43. The van der Waals surface area contributed by atoms with Gasteiger partial charge in [-0.15, -0.1) is 0 Å². The molecule has 0 aromatic heterocycles. The second-order valence-corrected chi connectivity index (χ2v) is 7.80. The highest BCUT2D eigenvalue weighted by molar-refractivity contribution is 5.95. The van der Waals surface area contributed by atoms with Crippen molar-refractivity contribution in [3.05, 3.63) is 60.2 Å². The van der Waals surface area contributed by atoms with Crippen LogP contribution >= 0.6 is 0 Å². The molecular weight excluding hydrogens is 430 g/mol. The molecule has 1 saturated heterocycles. The summed E-state index contributed by atoms with van der Waals surface area (Å²) in [7, 11) is 3.76. The number of likely N-dealkylation sites (tertiary alicyclic amines) is 1. The number of amides is 2. The van der Waals surface area contributed by atoms with Crippen molar-refractivity contribution in [1.82, 2.24) is 15.5 Å². The number of rotatable bonds is 7. The summed E-state index contributed by atoms with van der Waals surface area (Å²) in [5.74, 6) is 1.90. The Kier molecular flexibility index (Phi) is 13.2. The van der Waals surface area contributed by atoms with E-state index < -0.39 is 0 Å². The standard InChI is InChI=1S/C15H13NO3.C10H20N2O.C2H6/c17-11-10-16-15(18)12-6-8-14(9-7-12)19-13-4-2-1-3-5-13;1-5-8-7(2)6-9(12(8)4)10(13)11-3;1-2/h1-9,11H,10H2,(H,16,18);7-9H,5-6H2,1-4H3,(H,11,13);1-2H3. The van der Waals surface area contributed by atoms with Crippen LogP contribution in [0.2, 0.25) is 0 Å². The number of nitrogens with one attached hydrogen (secondary N) is 2. The van der Waals surface area contributed by atoms with Crippen molar-refractivity contribution >= 4 is 18.1 Å². The van der Waals surface area contributed by atoms with Crippen LogP contribution in [0.1, 0.15) is 50.9 Å². The summed E-state index contributed by atoms with van der Waals surface area (Å²) in [6, 6.07) is 16.8. The lowest BCUT2D eigenvalue weighted by molar-refractivity contribution is -0.125. The van der Waals surface area contributed by atoms with Gasteiger partial charge >= 0.3 is 0 Å². The normalized spacial score (nSPS) is 18.9. The zero-order valence-corrected chi connectivity index (χ0v) is 21.2. The molecule has 7 nitrogen and oxygen atoms in total. The minimum atomic E-state index is -0.279. The summed E-state index contributed by atoms with van der Waals surface area (Å²) >= 11 is 0. The maximum Gasteiger partial charge on any atom is 0.251 e. The summed E-state index contributed by atoms with van der Waals surface area (Å²) in [4.78, 5) is 35.4. The zero-order chi connectivity index (χ0) is 25.5. The van der Waals surface area contributed by atoms with Crippen molar-refractivity contribution in [2.45, 2.75) is 52.6 Å². The van der Waals surface area contributed by atoms with Crippen LogP contribution < -0.4 is 15.4 Å². The number of para-hydroxylation sites is 1. The van der Waals surface area contributed by atoms with Gasteiger partial charge in [0.15, 0.2) is 0 Å². The van der Waals surface area contributed by atoms with Crippen molar-refractivity contribution < 1.29 is 19.1 Å². The molecule has 2 N–H and O–H groups in total. The SMILES string of the molecule is CC.CCC1C(C)CC(C(=O)NC)N1C.O=CCNC(=O)c1ccc(Oc2ccccc2)cc1. The number of nitrogens with zero attached hydrogens (tertiary/aromatic N) is 1. The van der Waals surface area contributed by atoms with Gasteiger partial charge in [0.05, 0.1) is 12.6 Å². The van der Waals surface area contributed by atoms with E-state index in [1.54, 1.807) is 31.3 Å². The molecule has 2 aromatic carbocycles. The molecular formula is C27H39N3O4. The maximum absolute atomic E-state index is 11.6. The second-order valence-electron chi connectivity index (χ2n) is 7.80. The molecule has 1 fully saturated rings. The van der Waals surface area contributed by atoms with Crippen LogP contribution in [0.15, 0.2) is 54.6 Å². The van der Waals surface area contributed by atoms with Gasteiger partial charge < -0.3 is 20.2 Å². The fraction of sp³-hybridized carbons (Fsp3) is 0.444. The molecule has 0 bridgehead atoms.